The monoisotopic (exact) mass is 490 g/mol. The topological polar surface area (TPSA) is 161 Å². The molecule has 0 bridgehead atoms. The van der Waals surface area contributed by atoms with Gasteiger partial charge < -0.3 is 0 Å². The van der Waals surface area contributed by atoms with Gasteiger partial charge in [-0.2, -0.15) is 0 Å². The van der Waals surface area contributed by atoms with Crippen LogP contribution < -0.4 is 15.0 Å². The molecule has 0 heterocycles. The number of hydrogen-bond acceptors (Lipinski definition) is 8. The van der Waals surface area contributed by atoms with Gasteiger partial charge in [-0.05, 0) is 0 Å². The summed E-state index contributed by atoms with van der Waals surface area (Å²) in [6.45, 7) is 0. The second-order valence-corrected chi connectivity index (χ2v) is 5.76. The van der Waals surface area contributed by atoms with Gasteiger partial charge in [-0.1, -0.05) is 0 Å². The van der Waals surface area contributed by atoms with E-state index in [9.17, 15) is 0 Å². The average molecular weight is 488 g/mol. The third kappa shape index (κ3) is 214. The van der Waals surface area contributed by atoms with Crippen molar-refractivity contribution in [2.45, 2.75) is 0 Å². The van der Waals surface area contributed by atoms with Crippen LogP contribution in [0.4, 0.5) is 0 Å². The molecule has 0 rings (SSSR count). The molecule has 0 aliphatic heterocycles. The van der Waals surface area contributed by atoms with Crippen molar-refractivity contribution in [1.82, 2.24) is 0 Å². The summed E-state index contributed by atoms with van der Waals surface area (Å²) in [7, 11) is 0. The minimum absolute atomic E-state index is 0. The molecule has 0 spiro atoms. The van der Waals surface area contributed by atoms with E-state index in [1.165, 1.54) is 0 Å². The van der Waals surface area contributed by atoms with E-state index in [-0.39, 0.29) is 75.5 Å². The Hall–Kier alpha value is 2.94. The molecule has 0 fully saturated rings. The summed E-state index contributed by atoms with van der Waals surface area (Å²) >= 11 is -12.2. The first-order chi connectivity index (χ1) is 4.00. The molecule has 0 aromatic carbocycles. The zero-order chi connectivity index (χ0) is 9.00. The molecule has 0 aliphatic carbocycles. The molecule has 0 aliphatic rings. The van der Waals surface area contributed by atoms with Crippen LogP contribution in [0.15, 0.2) is 0 Å². The molecule has 0 aromatic rings. The van der Waals surface area contributed by atoms with Crippen molar-refractivity contribution in [3.8, 4) is 0 Å². The number of rotatable bonds is 0. The van der Waals surface area contributed by atoms with Gasteiger partial charge in [-0.25, -0.2) is 0 Å². The Bertz CT molecular complexity index is 213. The van der Waals surface area contributed by atoms with E-state index >= 15 is 0 Å². The second-order valence-electron chi connectivity index (χ2n) is 0.816. The Labute approximate surface area is 134 Å². The van der Waals surface area contributed by atoms with Crippen LogP contribution in [-0.2, 0) is 47.1 Å². The Morgan fingerprint density at radius 3 is 0.917 bits per heavy atom. The van der Waals surface area contributed by atoms with Crippen molar-refractivity contribution < 1.29 is 62.1 Å². The molecular formula is Ca2MoO8W. The summed E-state index contributed by atoms with van der Waals surface area (Å²) in [4.78, 5) is 0. The van der Waals surface area contributed by atoms with E-state index in [1.807, 2.05) is 0 Å². The van der Waals surface area contributed by atoms with E-state index in [2.05, 4.69) is 0 Å². The summed E-state index contributed by atoms with van der Waals surface area (Å²) < 4.78 is 69.1. The van der Waals surface area contributed by atoms with Crippen molar-refractivity contribution in [1.29, 1.82) is 0 Å². The number of hydrogen-bond donors (Lipinski definition) is 0. The zero-order valence-corrected chi connectivity index (χ0v) is 14.9. The van der Waals surface area contributed by atoms with Crippen molar-refractivity contribution in [2.24, 2.45) is 0 Å². The Balaban J connectivity index is -0.0000000457. The van der Waals surface area contributed by atoms with E-state index in [0.717, 1.165) is 0 Å². The molecule has 0 saturated heterocycles. The molecule has 12 heteroatoms. The van der Waals surface area contributed by atoms with Crippen LogP contribution in [0, 0.1) is 0 Å². The average Bonchev–Trinajstić information content (AvgIpc) is 1.12. The molecule has 0 amide bonds. The fourth-order valence-corrected chi connectivity index (χ4v) is 0. The van der Waals surface area contributed by atoms with Crippen LogP contribution in [0.3, 0.4) is 0 Å². The van der Waals surface area contributed by atoms with Crippen LogP contribution in [0.25, 0.3) is 0 Å². The van der Waals surface area contributed by atoms with Gasteiger partial charge in [0.25, 0.3) is 0 Å². The Kier molecular flexibility index (Phi) is 21.1. The summed E-state index contributed by atoms with van der Waals surface area (Å²) in [6, 6.07) is 0. The van der Waals surface area contributed by atoms with Gasteiger partial charge in [-0.3, -0.25) is 0 Å². The molecule has 0 unspecified atom stereocenters. The summed E-state index contributed by atoms with van der Waals surface area (Å²) in [6.07, 6.45) is 0. The quantitative estimate of drug-likeness (QED) is 0.305. The predicted molar refractivity (Wildman–Crippen MR) is 14.3 cm³/mol. The fourth-order valence-electron chi connectivity index (χ4n) is 0. The van der Waals surface area contributed by atoms with E-state index < -0.39 is 33.5 Å². The first kappa shape index (κ1) is 24.3. The van der Waals surface area contributed by atoms with E-state index in [0.29, 0.717) is 0 Å². The van der Waals surface area contributed by atoms with Gasteiger partial charge in [0.1, 0.15) is 0 Å². The van der Waals surface area contributed by atoms with Crippen LogP contribution in [0.2, 0.25) is 0 Å². The van der Waals surface area contributed by atoms with Crippen LogP contribution in [0.5, 0.6) is 0 Å². The Morgan fingerprint density at radius 1 is 0.917 bits per heavy atom. The van der Waals surface area contributed by atoms with Gasteiger partial charge in [-0.15, -0.1) is 0 Å². The predicted octanol–water partition coefficient (Wildman–Crippen LogP) is -6.00. The van der Waals surface area contributed by atoms with Gasteiger partial charge in [0.2, 0.25) is 0 Å². The van der Waals surface area contributed by atoms with Crippen molar-refractivity contribution in [2.75, 3.05) is 0 Å². The molecular weight excluding hydrogens is 488 g/mol. The van der Waals surface area contributed by atoms with Gasteiger partial charge in [0, 0.05) is 0 Å². The summed E-state index contributed by atoms with van der Waals surface area (Å²) in [5, 5.41) is 0. The SMILES string of the molecule is [Ca+2].[Ca+2].[O]=[Mo](=[O])([O-])[O-].[O]=[W](=[O])([O-])[O-]. The van der Waals surface area contributed by atoms with Gasteiger partial charge in [0.15, 0.2) is 0 Å². The van der Waals surface area contributed by atoms with Crippen molar-refractivity contribution in [3.63, 3.8) is 0 Å². The molecule has 0 atom stereocenters. The van der Waals surface area contributed by atoms with Gasteiger partial charge in [0.05, 0.1) is 0 Å². The first-order valence-corrected chi connectivity index (χ1v) is 9.40. The Morgan fingerprint density at radius 2 is 0.917 bits per heavy atom. The first-order valence-electron chi connectivity index (χ1n) is 1.33. The molecule has 0 aromatic heterocycles. The third-order valence-corrected chi connectivity index (χ3v) is 0. The molecule has 8 nitrogen and oxygen atoms in total. The van der Waals surface area contributed by atoms with E-state index in [4.69, 9.17) is 28.6 Å². The maximum atomic E-state index is 8.65. The molecule has 0 N–H and O–H groups in total. The standard InChI is InChI=1S/2Ca.Mo.8O.W/q2*+2;;;;;;4*-1;. The minimum atomic E-state index is -6.17. The third-order valence-electron chi connectivity index (χ3n) is 0. The zero-order valence-electron chi connectivity index (χ0n) is 5.50. The molecule has 0 saturated carbocycles. The molecule has 64 valence electrons. The van der Waals surface area contributed by atoms with Crippen molar-refractivity contribution >= 4 is 75.5 Å². The molecule has 12 heavy (non-hydrogen) atoms. The normalized spacial score (nSPS) is 9.67. The van der Waals surface area contributed by atoms with Crippen LogP contribution in [-0.4, -0.2) is 75.5 Å². The summed E-state index contributed by atoms with van der Waals surface area (Å²) in [5.41, 5.74) is 0. The second kappa shape index (κ2) is 10.5. The van der Waals surface area contributed by atoms with Crippen LogP contribution >= 0.6 is 0 Å². The van der Waals surface area contributed by atoms with Crippen LogP contribution in [0.1, 0.15) is 0 Å². The fraction of sp³-hybridized carbons (Fsp3) is 0. The summed E-state index contributed by atoms with van der Waals surface area (Å²) in [5.74, 6) is 0. The maximum absolute atomic E-state index is 8.65. The van der Waals surface area contributed by atoms with Crippen molar-refractivity contribution in [3.05, 3.63) is 0 Å². The van der Waals surface area contributed by atoms with Gasteiger partial charge >= 0.3 is 138 Å². The molecule has 0 radical (unpaired) electrons. The van der Waals surface area contributed by atoms with E-state index in [1.54, 1.807) is 0 Å².